The van der Waals surface area contributed by atoms with Gasteiger partial charge in [0.05, 0.1) is 6.07 Å². The number of hydrogen-bond donors (Lipinski definition) is 1. The number of nitriles is 1. The lowest BCUT2D eigenvalue weighted by molar-refractivity contribution is -0.126. The number of nitrogens with zero attached hydrogens (tertiary/aromatic N) is 1. The Morgan fingerprint density at radius 2 is 2.11 bits per heavy atom. The summed E-state index contributed by atoms with van der Waals surface area (Å²) in [6.07, 6.45) is 0.600. The summed E-state index contributed by atoms with van der Waals surface area (Å²) >= 11 is 11.8. The molecule has 0 atom stereocenters. The Morgan fingerprint density at radius 3 is 2.67 bits per heavy atom. The number of carbonyl (C=O) groups excluding carboxylic acids is 1. The summed E-state index contributed by atoms with van der Waals surface area (Å²) in [4.78, 5) is 11.6. The van der Waals surface area contributed by atoms with Crippen LogP contribution in [-0.4, -0.2) is 12.5 Å². The molecule has 1 N–H and O–H groups in total. The van der Waals surface area contributed by atoms with Gasteiger partial charge < -0.3 is 5.32 Å². The molecule has 5 heteroatoms. The molecule has 0 saturated heterocycles. The van der Waals surface area contributed by atoms with E-state index in [0.717, 1.165) is 5.56 Å². The quantitative estimate of drug-likeness (QED) is 0.923. The van der Waals surface area contributed by atoms with Crippen molar-refractivity contribution in [2.24, 2.45) is 5.41 Å². The van der Waals surface area contributed by atoms with E-state index in [0.29, 0.717) is 23.0 Å². The van der Waals surface area contributed by atoms with Gasteiger partial charge in [-0.1, -0.05) is 29.3 Å². The minimum absolute atomic E-state index is 0.282. The number of amides is 1. The standard InChI is InChI=1S/C13H14Cl2N2O/c1-13(2,8-16)12(18)17-6-5-9-3-4-10(14)7-11(9)15/h3-4,7H,5-6H2,1-2H3,(H,17,18). The first-order valence-corrected chi connectivity index (χ1v) is 6.26. The first-order chi connectivity index (χ1) is 8.36. The normalized spacial score (nSPS) is 10.8. The molecular weight excluding hydrogens is 271 g/mol. The molecule has 18 heavy (non-hydrogen) atoms. The molecule has 0 saturated carbocycles. The van der Waals surface area contributed by atoms with Crippen LogP contribution in [0.2, 0.25) is 10.0 Å². The van der Waals surface area contributed by atoms with E-state index in [1.165, 1.54) is 0 Å². The molecular formula is C13H14Cl2N2O. The molecule has 0 aliphatic heterocycles. The van der Waals surface area contributed by atoms with Crippen molar-refractivity contribution < 1.29 is 4.79 Å². The van der Waals surface area contributed by atoms with Crippen molar-refractivity contribution in [3.63, 3.8) is 0 Å². The van der Waals surface area contributed by atoms with Gasteiger partial charge in [-0.05, 0) is 38.0 Å². The topological polar surface area (TPSA) is 52.9 Å². The molecule has 0 aromatic heterocycles. The van der Waals surface area contributed by atoms with Gasteiger partial charge in [0.2, 0.25) is 5.91 Å². The third-order valence-electron chi connectivity index (χ3n) is 2.54. The zero-order valence-corrected chi connectivity index (χ0v) is 11.8. The second-order valence-electron chi connectivity index (χ2n) is 4.48. The lowest BCUT2D eigenvalue weighted by Crippen LogP contribution is -2.37. The Balaban J connectivity index is 2.53. The number of halogens is 2. The highest BCUT2D eigenvalue weighted by Crippen LogP contribution is 2.21. The highest BCUT2D eigenvalue weighted by atomic mass is 35.5. The molecule has 0 heterocycles. The third kappa shape index (κ3) is 3.90. The molecule has 1 aromatic carbocycles. The van der Waals surface area contributed by atoms with E-state index >= 15 is 0 Å². The van der Waals surface area contributed by atoms with Crippen LogP contribution in [0.1, 0.15) is 19.4 Å². The summed E-state index contributed by atoms with van der Waals surface area (Å²) in [6.45, 7) is 3.60. The van der Waals surface area contributed by atoms with E-state index in [9.17, 15) is 4.79 Å². The van der Waals surface area contributed by atoms with E-state index in [-0.39, 0.29) is 5.91 Å². The maximum absolute atomic E-state index is 11.6. The number of benzene rings is 1. The lowest BCUT2D eigenvalue weighted by atomic mass is 9.95. The van der Waals surface area contributed by atoms with Gasteiger partial charge >= 0.3 is 0 Å². The predicted molar refractivity (Wildman–Crippen MR) is 72.6 cm³/mol. The second kappa shape index (κ2) is 6.08. The van der Waals surface area contributed by atoms with Crippen molar-refractivity contribution in [1.82, 2.24) is 5.32 Å². The van der Waals surface area contributed by atoms with Crippen molar-refractivity contribution >= 4 is 29.1 Å². The molecule has 0 aliphatic carbocycles. The van der Waals surface area contributed by atoms with E-state index in [1.807, 2.05) is 12.1 Å². The second-order valence-corrected chi connectivity index (χ2v) is 5.32. The van der Waals surface area contributed by atoms with Gasteiger partial charge in [0, 0.05) is 16.6 Å². The summed E-state index contributed by atoms with van der Waals surface area (Å²) in [5.41, 5.74) is -0.0970. The van der Waals surface area contributed by atoms with Crippen molar-refractivity contribution in [3.8, 4) is 6.07 Å². The predicted octanol–water partition coefficient (Wildman–Crippen LogP) is 3.20. The van der Waals surface area contributed by atoms with Crippen LogP contribution in [0.25, 0.3) is 0 Å². The van der Waals surface area contributed by atoms with Crippen molar-refractivity contribution in [1.29, 1.82) is 5.26 Å². The van der Waals surface area contributed by atoms with Gasteiger partial charge in [0.25, 0.3) is 0 Å². The van der Waals surface area contributed by atoms with Crippen LogP contribution in [0.3, 0.4) is 0 Å². The van der Waals surface area contributed by atoms with E-state index in [1.54, 1.807) is 26.0 Å². The maximum Gasteiger partial charge on any atom is 0.239 e. The van der Waals surface area contributed by atoms with Gasteiger partial charge in [0.1, 0.15) is 5.41 Å². The summed E-state index contributed by atoms with van der Waals surface area (Å²) < 4.78 is 0. The van der Waals surface area contributed by atoms with Crippen LogP contribution >= 0.6 is 23.2 Å². The molecule has 3 nitrogen and oxygen atoms in total. The van der Waals surface area contributed by atoms with E-state index in [2.05, 4.69) is 5.32 Å². The molecule has 0 spiro atoms. The Morgan fingerprint density at radius 1 is 1.44 bits per heavy atom. The molecule has 0 fully saturated rings. The molecule has 1 amide bonds. The molecule has 0 unspecified atom stereocenters. The van der Waals surface area contributed by atoms with E-state index in [4.69, 9.17) is 28.5 Å². The molecule has 0 aliphatic rings. The maximum atomic E-state index is 11.6. The Bertz CT molecular complexity index is 492. The van der Waals surface area contributed by atoms with Gasteiger partial charge in [-0.3, -0.25) is 4.79 Å². The van der Waals surface area contributed by atoms with Crippen LogP contribution < -0.4 is 5.32 Å². The van der Waals surface area contributed by atoms with Gasteiger partial charge in [-0.25, -0.2) is 0 Å². The molecule has 0 radical (unpaired) electrons. The van der Waals surface area contributed by atoms with Crippen LogP contribution in [0.15, 0.2) is 18.2 Å². The summed E-state index contributed by atoms with van der Waals surface area (Å²) in [5, 5.41) is 12.7. The zero-order valence-electron chi connectivity index (χ0n) is 10.3. The minimum atomic E-state index is -1.01. The Hall–Kier alpha value is -1.24. The van der Waals surface area contributed by atoms with Crippen LogP contribution in [0.5, 0.6) is 0 Å². The van der Waals surface area contributed by atoms with Gasteiger partial charge in [-0.15, -0.1) is 0 Å². The fraction of sp³-hybridized carbons (Fsp3) is 0.385. The fourth-order valence-electron chi connectivity index (χ4n) is 1.31. The number of rotatable bonds is 4. The highest BCUT2D eigenvalue weighted by molar-refractivity contribution is 6.35. The fourth-order valence-corrected chi connectivity index (χ4v) is 1.81. The molecule has 96 valence electrons. The van der Waals surface area contributed by atoms with Crippen LogP contribution in [-0.2, 0) is 11.2 Å². The summed E-state index contributed by atoms with van der Waals surface area (Å²) in [6, 6.07) is 7.20. The Kier molecular flexibility index (Phi) is 5.01. The van der Waals surface area contributed by atoms with Crippen molar-refractivity contribution in [2.45, 2.75) is 20.3 Å². The van der Waals surface area contributed by atoms with Crippen molar-refractivity contribution in [3.05, 3.63) is 33.8 Å². The molecule has 1 aromatic rings. The number of nitrogens with one attached hydrogen (secondary N) is 1. The number of hydrogen-bond acceptors (Lipinski definition) is 2. The molecule has 0 bridgehead atoms. The molecule has 1 rings (SSSR count). The van der Waals surface area contributed by atoms with Crippen LogP contribution in [0, 0.1) is 16.7 Å². The largest absolute Gasteiger partial charge is 0.354 e. The first kappa shape index (κ1) is 14.8. The van der Waals surface area contributed by atoms with Gasteiger partial charge in [-0.2, -0.15) is 5.26 Å². The zero-order chi connectivity index (χ0) is 13.8. The van der Waals surface area contributed by atoms with Crippen molar-refractivity contribution in [2.75, 3.05) is 6.54 Å². The highest BCUT2D eigenvalue weighted by Gasteiger charge is 2.26. The minimum Gasteiger partial charge on any atom is -0.354 e. The monoisotopic (exact) mass is 284 g/mol. The number of carbonyl (C=O) groups is 1. The Labute approximate surface area is 117 Å². The first-order valence-electron chi connectivity index (χ1n) is 5.50. The smallest absolute Gasteiger partial charge is 0.239 e. The SMILES string of the molecule is CC(C)(C#N)C(=O)NCCc1ccc(Cl)cc1Cl. The average molecular weight is 285 g/mol. The van der Waals surface area contributed by atoms with Gasteiger partial charge in [0.15, 0.2) is 0 Å². The van der Waals surface area contributed by atoms with Crippen LogP contribution in [0.4, 0.5) is 0 Å². The lowest BCUT2D eigenvalue weighted by Gasteiger charge is -2.15. The summed E-state index contributed by atoms with van der Waals surface area (Å²) in [5.74, 6) is -0.282. The average Bonchev–Trinajstić information content (AvgIpc) is 2.31. The third-order valence-corrected chi connectivity index (χ3v) is 3.13. The summed E-state index contributed by atoms with van der Waals surface area (Å²) in [7, 11) is 0. The van der Waals surface area contributed by atoms with E-state index < -0.39 is 5.41 Å².